The minimum Gasteiger partial charge on any atom is -0.483 e. The van der Waals surface area contributed by atoms with Gasteiger partial charge in [-0.25, -0.2) is 4.98 Å². The molecule has 4 rings (SSSR count). The van der Waals surface area contributed by atoms with Gasteiger partial charge in [0.15, 0.2) is 11.8 Å². The van der Waals surface area contributed by atoms with Gasteiger partial charge in [-0.05, 0) is 64.1 Å². The van der Waals surface area contributed by atoms with E-state index in [9.17, 15) is 14.4 Å². The standard InChI is InChI=1S/C24H20BrClN4O4S2/c1-2-19(22(32)27-15-7-5-6-14(26)12-15)36-24-28-17-10-11-35-21(17)23(33)30(24)29-20(31)13-34-18-9-4-3-8-16(18)25/h3-12,19H,2,13H2,1H3,(H,27,32)(H,29,31)/t19-/m1/s1. The van der Waals surface area contributed by atoms with Crippen molar-refractivity contribution in [2.45, 2.75) is 23.8 Å². The van der Waals surface area contributed by atoms with E-state index in [1.54, 1.807) is 53.9 Å². The first-order valence-corrected chi connectivity index (χ1v) is 13.7. The molecule has 2 N–H and O–H groups in total. The lowest BCUT2D eigenvalue weighted by atomic mass is 10.3. The molecule has 2 heterocycles. The lowest BCUT2D eigenvalue weighted by Gasteiger charge is -2.18. The molecule has 186 valence electrons. The number of benzene rings is 2. The van der Waals surface area contributed by atoms with Gasteiger partial charge in [0.1, 0.15) is 10.4 Å². The summed E-state index contributed by atoms with van der Waals surface area (Å²) in [5, 5.41) is 4.68. The highest BCUT2D eigenvalue weighted by molar-refractivity contribution is 9.10. The molecule has 0 radical (unpaired) electrons. The zero-order valence-electron chi connectivity index (χ0n) is 18.9. The summed E-state index contributed by atoms with van der Waals surface area (Å²) in [5.41, 5.74) is 3.19. The Morgan fingerprint density at radius 2 is 2.03 bits per heavy atom. The van der Waals surface area contributed by atoms with Crippen LogP contribution in [0.5, 0.6) is 5.75 Å². The van der Waals surface area contributed by atoms with Crippen molar-refractivity contribution in [3.8, 4) is 5.75 Å². The molecule has 2 aromatic heterocycles. The average molecular weight is 608 g/mol. The molecule has 0 unspecified atom stereocenters. The summed E-state index contributed by atoms with van der Waals surface area (Å²) in [6.45, 7) is 1.53. The van der Waals surface area contributed by atoms with E-state index in [4.69, 9.17) is 16.3 Å². The molecule has 2 aromatic carbocycles. The lowest BCUT2D eigenvalue weighted by molar-refractivity contribution is -0.119. The number of carbonyl (C=O) groups excluding carboxylic acids is 2. The highest BCUT2D eigenvalue weighted by Crippen LogP contribution is 2.27. The monoisotopic (exact) mass is 606 g/mol. The molecule has 0 bridgehead atoms. The predicted octanol–water partition coefficient (Wildman–Crippen LogP) is 5.53. The number of aromatic nitrogens is 2. The van der Waals surface area contributed by atoms with E-state index in [0.717, 1.165) is 16.4 Å². The number of nitrogens with zero attached hydrogens (tertiary/aromatic N) is 2. The van der Waals surface area contributed by atoms with Gasteiger partial charge in [0, 0.05) is 10.7 Å². The molecule has 0 aliphatic heterocycles. The second-order valence-electron chi connectivity index (χ2n) is 7.44. The van der Waals surface area contributed by atoms with Crippen LogP contribution in [-0.2, 0) is 9.59 Å². The Morgan fingerprint density at radius 1 is 1.22 bits per heavy atom. The third kappa shape index (κ3) is 6.28. The van der Waals surface area contributed by atoms with Gasteiger partial charge in [-0.1, -0.05) is 48.5 Å². The van der Waals surface area contributed by atoms with Gasteiger partial charge >= 0.3 is 0 Å². The number of anilines is 1. The summed E-state index contributed by atoms with van der Waals surface area (Å²) in [6, 6.07) is 15.7. The first kappa shape index (κ1) is 26.2. The van der Waals surface area contributed by atoms with Gasteiger partial charge in [0.2, 0.25) is 5.91 Å². The number of ether oxygens (including phenoxy) is 1. The number of thioether (sulfide) groups is 1. The summed E-state index contributed by atoms with van der Waals surface area (Å²) in [4.78, 5) is 43.4. The van der Waals surface area contributed by atoms with Crippen LogP contribution in [0.4, 0.5) is 5.69 Å². The summed E-state index contributed by atoms with van der Waals surface area (Å²) >= 11 is 11.7. The molecule has 0 saturated carbocycles. The number of para-hydroxylation sites is 1. The minimum absolute atomic E-state index is 0.188. The van der Waals surface area contributed by atoms with Crippen LogP contribution in [0.1, 0.15) is 13.3 Å². The van der Waals surface area contributed by atoms with Crippen molar-refractivity contribution in [2.75, 3.05) is 17.3 Å². The van der Waals surface area contributed by atoms with Gasteiger partial charge in [-0.3, -0.25) is 19.8 Å². The summed E-state index contributed by atoms with van der Waals surface area (Å²) in [5.74, 6) is -0.339. The van der Waals surface area contributed by atoms with Crippen molar-refractivity contribution in [2.24, 2.45) is 0 Å². The number of fused-ring (bicyclic) bond motifs is 1. The number of carbonyl (C=O) groups is 2. The third-order valence-electron chi connectivity index (χ3n) is 4.88. The van der Waals surface area contributed by atoms with E-state index in [1.165, 1.54) is 11.3 Å². The van der Waals surface area contributed by atoms with Gasteiger partial charge in [0.25, 0.3) is 11.5 Å². The second kappa shape index (κ2) is 11.9. The van der Waals surface area contributed by atoms with Crippen LogP contribution in [0.25, 0.3) is 10.2 Å². The fourth-order valence-electron chi connectivity index (χ4n) is 3.17. The Bertz CT molecular complexity index is 1480. The van der Waals surface area contributed by atoms with Crippen LogP contribution < -0.4 is 21.0 Å². The van der Waals surface area contributed by atoms with E-state index >= 15 is 0 Å². The van der Waals surface area contributed by atoms with Crippen LogP contribution in [0.15, 0.2) is 74.4 Å². The maximum absolute atomic E-state index is 13.2. The minimum atomic E-state index is -0.591. The largest absolute Gasteiger partial charge is 0.483 e. The number of rotatable bonds is 9. The molecule has 12 heteroatoms. The van der Waals surface area contributed by atoms with Crippen LogP contribution in [0.3, 0.4) is 0 Å². The Morgan fingerprint density at radius 3 is 2.78 bits per heavy atom. The zero-order chi connectivity index (χ0) is 25.7. The molecule has 36 heavy (non-hydrogen) atoms. The van der Waals surface area contributed by atoms with Crippen LogP contribution >= 0.6 is 50.6 Å². The highest BCUT2D eigenvalue weighted by atomic mass is 79.9. The van der Waals surface area contributed by atoms with Crippen molar-refractivity contribution >= 4 is 78.3 Å². The smallest absolute Gasteiger partial charge is 0.291 e. The van der Waals surface area contributed by atoms with Crippen LogP contribution in [0.2, 0.25) is 5.02 Å². The molecule has 1 atom stereocenters. The van der Waals surface area contributed by atoms with E-state index in [-0.39, 0.29) is 17.7 Å². The van der Waals surface area contributed by atoms with Crippen LogP contribution in [-0.4, -0.2) is 33.3 Å². The fourth-order valence-corrected chi connectivity index (χ4v) is 5.49. The van der Waals surface area contributed by atoms with Gasteiger partial charge in [-0.15, -0.1) is 11.3 Å². The van der Waals surface area contributed by atoms with Gasteiger partial charge in [-0.2, -0.15) is 4.68 Å². The van der Waals surface area contributed by atoms with Crippen molar-refractivity contribution in [1.29, 1.82) is 0 Å². The lowest BCUT2D eigenvalue weighted by Crippen LogP contribution is -2.37. The molecule has 0 aliphatic rings. The summed E-state index contributed by atoms with van der Waals surface area (Å²) in [6.07, 6.45) is 0.452. The Labute approximate surface area is 228 Å². The SMILES string of the molecule is CC[C@@H](Sc1nc2ccsc2c(=O)n1NC(=O)COc1ccccc1Br)C(=O)Nc1cccc(Cl)c1. The Balaban J connectivity index is 1.56. The van der Waals surface area contributed by atoms with E-state index in [1.807, 2.05) is 13.0 Å². The van der Waals surface area contributed by atoms with Crippen molar-refractivity contribution in [1.82, 2.24) is 9.66 Å². The number of amides is 2. The first-order valence-electron chi connectivity index (χ1n) is 10.8. The normalized spacial score (nSPS) is 11.8. The van der Waals surface area contributed by atoms with Crippen molar-refractivity contribution < 1.29 is 14.3 Å². The van der Waals surface area contributed by atoms with Crippen molar-refractivity contribution in [3.63, 3.8) is 0 Å². The molecule has 2 amide bonds. The van der Waals surface area contributed by atoms with E-state index in [0.29, 0.717) is 37.6 Å². The highest BCUT2D eigenvalue weighted by Gasteiger charge is 2.23. The number of hydrogen-bond donors (Lipinski definition) is 2. The molecular formula is C24H20BrClN4O4S2. The number of nitrogens with one attached hydrogen (secondary N) is 2. The number of thiophene rings is 1. The molecule has 4 aromatic rings. The summed E-state index contributed by atoms with van der Waals surface area (Å²) < 4.78 is 7.73. The van der Waals surface area contributed by atoms with E-state index in [2.05, 4.69) is 31.7 Å². The van der Waals surface area contributed by atoms with Crippen molar-refractivity contribution in [3.05, 3.63) is 79.8 Å². The molecule has 0 spiro atoms. The predicted molar refractivity (Wildman–Crippen MR) is 148 cm³/mol. The second-order valence-corrected chi connectivity index (χ2v) is 10.8. The molecule has 0 aliphatic carbocycles. The van der Waals surface area contributed by atoms with Gasteiger partial charge < -0.3 is 10.1 Å². The molecule has 0 fully saturated rings. The van der Waals surface area contributed by atoms with E-state index < -0.39 is 16.7 Å². The average Bonchev–Trinajstić information content (AvgIpc) is 3.33. The van der Waals surface area contributed by atoms with Crippen LogP contribution in [0, 0.1) is 0 Å². The molecule has 0 saturated heterocycles. The first-order chi connectivity index (χ1) is 17.4. The Kier molecular flexibility index (Phi) is 8.68. The van der Waals surface area contributed by atoms with Gasteiger partial charge in [0.05, 0.1) is 15.2 Å². The Hall–Kier alpha value is -2.86. The fraction of sp³-hybridized carbons (Fsp3) is 0.167. The maximum atomic E-state index is 13.2. The number of hydrogen-bond acceptors (Lipinski definition) is 7. The molecular weight excluding hydrogens is 588 g/mol. The summed E-state index contributed by atoms with van der Waals surface area (Å²) in [7, 11) is 0. The number of halogens is 2. The topological polar surface area (TPSA) is 102 Å². The quantitative estimate of drug-likeness (QED) is 0.192. The zero-order valence-corrected chi connectivity index (χ0v) is 22.8. The third-order valence-corrected chi connectivity index (χ3v) is 7.98. The molecule has 8 nitrogen and oxygen atoms in total. The maximum Gasteiger partial charge on any atom is 0.291 e.